The molecule has 0 spiro atoms. The summed E-state index contributed by atoms with van der Waals surface area (Å²) in [5.74, 6) is -0.221. The van der Waals surface area contributed by atoms with E-state index in [4.69, 9.17) is 0 Å². The number of rotatable bonds is 8. The highest BCUT2D eigenvalue weighted by molar-refractivity contribution is 5.96. The van der Waals surface area contributed by atoms with Crippen LogP contribution in [0.25, 0.3) is 0 Å². The second kappa shape index (κ2) is 9.70. The summed E-state index contributed by atoms with van der Waals surface area (Å²) < 4.78 is 0. The first kappa shape index (κ1) is 21.8. The number of nitrogens with one attached hydrogen (secondary N) is 1. The molecule has 3 rings (SSSR count). The molecule has 1 amide bonds. The average molecular weight is 403 g/mol. The molecule has 1 unspecified atom stereocenters. The first-order chi connectivity index (χ1) is 14.6. The summed E-state index contributed by atoms with van der Waals surface area (Å²) in [6.45, 7) is 6.83. The monoisotopic (exact) mass is 402 g/mol. The zero-order valence-electron chi connectivity index (χ0n) is 17.9. The molecule has 4 nitrogen and oxygen atoms in total. The van der Waals surface area contributed by atoms with Crippen molar-refractivity contribution < 1.29 is 9.90 Å². The normalized spacial score (nSPS) is 13.1. The maximum absolute atomic E-state index is 12.7. The van der Waals surface area contributed by atoms with Crippen molar-refractivity contribution in [3.05, 3.63) is 107 Å². The lowest BCUT2D eigenvalue weighted by Gasteiger charge is -2.34. The van der Waals surface area contributed by atoms with Crippen LogP contribution in [0.4, 0.5) is 0 Å². The van der Waals surface area contributed by atoms with E-state index in [-0.39, 0.29) is 5.91 Å². The van der Waals surface area contributed by atoms with Gasteiger partial charge in [-0.3, -0.25) is 9.69 Å². The maximum atomic E-state index is 12.7. The molecule has 30 heavy (non-hydrogen) atoms. The van der Waals surface area contributed by atoms with Gasteiger partial charge in [0.25, 0.3) is 5.91 Å². The number of carbonyl (C=O) groups excluding carboxylic acids is 1. The first-order valence-corrected chi connectivity index (χ1v) is 10.5. The quantitative estimate of drug-likeness (QED) is 0.556. The molecule has 2 N–H and O–H groups in total. The third-order valence-electron chi connectivity index (χ3n) is 5.68. The number of benzene rings is 3. The van der Waals surface area contributed by atoms with Gasteiger partial charge in [0, 0.05) is 24.7 Å². The maximum Gasteiger partial charge on any atom is 0.251 e. The van der Waals surface area contributed by atoms with Crippen LogP contribution >= 0.6 is 0 Å². The smallest absolute Gasteiger partial charge is 0.251 e. The summed E-state index contributed by atoms with van der Waals surface area (Å²) in [4.78, 5) is 15.0. The molecule has 0 fully saturated rings. The van der Waals surface area contributed by atoms with Crippen molar-refractivity contribution in [2.75, 3.05) is 20.1 Å². The fourth-order valence-corrected chi connectivity index (χ4v) is 3.97. The van der Waals surface area contributed by atoms with E-state index in [0.717, 1.165) is 36.3 Å². The van der Waals surface area contributed by atoms with E-state index < -0.39 is 5.60 Å². The molecule has 0 aliphatic rings. The van der Waals surface area contributed by atoms with Crippen molar-refractivity contribution in [1.82, 2.24) is 10.2 Å². The van der Waals surface area contributed by atoms with E-state index in [1.54, 1.807) is 13.1 Å². The number of amides is 1. The molecule has 0 bridgehead atoms. The fourth-order valence-electron chi connectivity index (χ4n) is 3.97. The fraction of sp³-hybridized carbons (Fsp3) is 0.269. The van der Waals surface area contributed by atoms with Gasteiger partial charge in [-0.05, 0) is 35.8 Å². The van der Waals surface area contributed by atoms with Gasteiger partial charge in [-0.25, -0.2) is 0 Å². The van der Waals surface area contributed by atoms with E-state index in [1.165, 1.54) is 0 Å². The summed E-state index contributed by atoms with van der Waals surface area (Å²) >= 11 is 0. The summed E-state index contributed by atoms with van der Waals surface area (Å²) in [5.41, 5.74) is 2.13. The zero-order valence-corrected chi connectivity index (χ0v) is 17.9. The molecule has 4 heteroatoms. The van der Waals surface area contributed by atoms with Crippen LogP contribution in [0.3, 0.4) is 0 Å². The summed E-state index contributed by atoms with van der Waals surface area (Å²) in [5, 5.41) is 15.1. The van der Waals surface area contributed by atoms with Crippen LogP contribution in [0.2, 0.25) is 0 Å². The van der Waals surface area contributed by atoms with Crippen LogP contribution in [0.15, 0.2) is 78.9 Å². The number of nitrogens with zero attached hydrogens (tertiary/aromatic N) is 1. The molecule has 0 heterocycles. The molecule has 0 saturated carbocycles. The Hall–Kier alpha value is -2.95. The van der Waals surface area contributed by atoms with Crippen molar-refractivity contribution in [2.24, 2.45) is 0 Å². The average Bonchev–Trinajstić information content (AvgIpc) is 2.82. The Kier molecular flexibility index (Phi) is 7.03. The largest absolute Gasteiger partial charge is 0.376 e. The minimum Gasteiger partial charge on any atom is -0.376 e. The van der Waals surface area contributed by atoms with E-state index in [1.807, 2.05) is 66.7 Å². The second-order valence-electron chi connectivity index (χ2n) is 7.32. The van der Waals surface area contributed by atoms with E-state index in [0.29, 0.717) is 11.1 Å². The summed E-state index contributed by atoms with van der Waals surface area (Å²) in [6.07, 6.45) is 0. The Bertz CT molecular complexity index is 983. The van der Waals surface area contributed by atoms with Crippen LogP contribution < -0.4 is 5.32 Å². The Morgan fingerprint density at radius 2 is 1.43 bits per heavy atom. The van der Waals surface area contributed by atoms with Gasteiger partial charge in [0.15, 0.2) is 0 Å². The van der Waals surface area contributed by atoms with Crippen LogP contribution in [0.5, 0.6) is 0 Å². The van der Waals surface area contributed by atoms with E-state index in [9.17, 15) is 9.90 Å². The van der Waals surface area contributed by atoms with E-state index in [2.05, 4.69) is 30.1 Å². The van der Waals surface area contributed by atoms with Crippen molar-refractivity contribution in [1.29, 1.82) is 0 Å². The lowest BCUT2D eigenvalue weighted by Crippen LogP contribution is -2.35. The predicted molar refractivity (Wildman–Crippen MR) is 121 cm³/mol. The molecular formula is C26H30N2O2. The minimum atomic E-state index is -1.46. The van der Waals surface area contributed by atoms with Gasteiger partial charge in [-0.15, -0.1) is 0 Å². The van der Waals surface area contributed by atoms with Crippen molar-refractivity contribution in [3.8, 4) is 0 Å². The second-order valence-corrected chi connectivity index (χ2v) is 7.32. The molecule has 0 saturated heterocycles. The molecule has 0 aliphatic carbocycles. The lowest BCUT2D eigenvalue weighted by molar-refractivity contribution is 0.0938. The van der Waals surface area contributed by atoms with Gasteiger partial charge in [0.2, 0.25) is 0 Å². The third-order valence-corrected chi connectivity index (χ3v) is 5.68. The Labute approximate surface area is 179 Å². The van der Waals surface area contributed by atoms with Crippen LogP contribution in [-0.2, 0) is 12.1 Å². The molecule has 0 aromatic heterocycles. The Balaban J connectivity index is 2.29. The third kappa shape index (κ3) is 4.16. The van der Waals surface area contributed by atoms with Crippen molar-refractivity contribution in [3.63, 3.8) is 0 Å². The molecular weight excluding hydrogens is 372 g/mol. The summed E-state index contributed by atoms with van der Waals surface area (Å²) in [7, 11) is 1.61. The number of carbonyl (C=O) groups is 1. The first-order valence-electron chi connectivity index (χ1n) is 10.5. The van der Waals surface area contributed by atoms with Crippen LogP contribution in [0, 0.1) is 0 Å². The lowest BCUT2D eigenvalue weighted by atomic mass is 9.76. The number of hydrogen-bond acceptors (Lipinski definition) is 3. The van der Waals surface area contributed by atoms with Gasteiger partial charge in [0.1, 0.15) is 5.60 Å². The summed E-state index contributed by atoms with van der Waals surface area (Å²) in [6, 6.07) is 24.8. The van der Waals surface area contributed by atoms with Gasteiger partial charge in [-0.1, -0.05) is 86.6 Å². The molecule has 0 radical (unpaired) electrons. The SMILES string of the molecule is CCN(CC)Cc1ccccc1C(O)(c1ccccc1)c1ccccc1C(=O)NC. The van der Waals surface area contributed by atoms with Gasteiger partial charge in [-0.2, -0.15) is 0 Å². The zero-order chi connectivity index (χ0) is 21.6. The molecule has 0 aliphatic heterocycles. The molecule has 1 atom stereocenters. The minimum absolute atomic E-state index is 0.221. The number of aliphatic hydroxyl groups is 1. The molecule has 3 aromatic carbocycles. The highest BCUT2D eigenvalue weighted by Crippen LogP contribution is 2.40. The van der Waals surface area contributed by atoms with E-state index >= 15 is 0 Å². The van der Waals surface area contributed by atoms with Crippen LogP contribution in [0.1, 0.15) is 46.5 Å². The van der Waals surface area contributed by atoms with Gasteiger partial charge in [0.05, 0.1) is 0 Å². The highest BCUT2D eigenvalue weighted by atomic mass is 16.3. The highest BCUT2D eigenvalue weighted by Gasteiger charge is 2.38. The Morgan fingerprint density at radius 3 is 2.07 bits per heavy atom. The van der Waals surface area contributed by atoms with Gasteiger partial charge < -0.3 is 10.4 Å². The van der Waals surface area contributed by atoms with Crippen molar-refractivity contribution in [2.45, 2.75) is 26.0 Å². The molecule has 3 aromatic rings. The topological polar surface area (TPSA) is 52.6 Å². The van der Waals surface area contributed by atoms with Gasteiger partial charge >= 0.3 is 0 Å². The Morgan fingerprint density at radius 1 is 0.867 bits per heavy atom. The van der Waals surface area contributed by atoms with Crippen molar-refractivity contribution >= 4 is 5.91 Å². The standard InChI is InChI=1S/C26H30N2O2/c1-4-28(5-2)19-20-13-9-11-17-23(20)26(30,21-14-7-6-8-15-21)24-18-12-10-16-22(24)25(29)27-3/h6-18,30H,4-5,19H2,1-3H3,(H,27,29). The molecule has 156 valence electrons. The van der Waals surface area contributed by atoms with Crippen LogP contribution in [-0.4, -0.2) is 36.1 Å². The number of hydrogen-bond donors (Lipinski definition) is 2. The predicted octanol–water partition coefficient (Wildman–Crippen LogP) is 4.17.